The molecule has 52 valence electrons. The average Bonchev–Trinajstić information content (AvgIpc) is 1.98. The molecule has 9 heavy (non-hydrogen) atoms. The summed E-state index contributed by atoms with van der Waals surface area (Å²) in [6.07, 6.45) is -0.940. The van der Waals surface area contributed by atoms with Gasteiger partial charge in [-0.3, -0.25) is 4.79 Å². The van der Waals surface area contributed by atoms with E-state index in [2.05, 4.69) is 0 Å². The van der Waals surface area contributed by atoms with Gasteiger partial charge in [-0.15, -0.1) is 0 Å². The smallest absolute Gasteiger partial charge is 0.311 e. The number of ether oxygens (including phenoxy) is 1. The fraction of sp³-hybridized carbons (Fsp3) is 0.833. The van der Waals surface area contributed by atoms with Gasteiger partial charge in [-0.2, -0.15) is 0 Å². The normalized spacial score (nSPS) is 43.0. The van der Waals surface area contributed by atoms with Crippen LogP contribution in [0.25, 0.3) is 0 Å². The molecule has 1 saturated heterocycles. The first-order chi connectivity index (χ1) is 4.13. The molecule has 3 atom stereocenters. The lowest BCUT2D eigenvalue weighted by molar-refractivity contribution is -0.143. The highest BCUT2D eigenvalue weighted by molar-refractivity contribution is 5.75. The molecule has 0 saturated carbocycles. The van der Waals surface area contributed by atoms with Gasteiger partial charge in [0.2, 0.25) is 0 Å². The highest BCUT2D eigenvalue weighted by atomic mass is 16.6. The van der Waals surface area contributed by atoms with Crippen LogP contribution in [0.2, 0.25) is 0 Å². The van der Waals surface area contributed by atoms with Crippen molar-refractivity contribution in [2.45, 2.75) is 26.1 Å². The quantitative estimate of drug-likeness (QED) is 0.467. The summed E-state index contributed by atoms with van der Waals surface area (Å²) in [6.45, 7) is 3.35. The van der Waals surface area contributed by atoms with Crippen LogP contribution in [0, 0.1) is 5.92 Å². The van der Waals surface area contributed by atoms with Gasteiger partial charge in [0.1, 0.15) is 12.2 Å². The Morgan fingerprint density at radius 2 is 2.11 bits per heavy atom. The summed E-state index contributed by atoms with van der Waals surface area (Å²) in [5.74, 6) is -0.644. The highest BCUT2D eigenvalue weighted by Gasteiger charge is 2.37. The van der Waals surface area contributed by atoms with E-state index in [1.54, 1.807) is 13.8 Å². The maximum atomic E-state index is 10.6. The lowest BCUT2D eigenvalue weighted by Crippen LogP contribution is -2.22. The van der Waals surface area contributed by atoms with E-state index in [-0.39, 0.29) is 18.0 Å². The summed E-state index contributed by atoms with van der Waals surface area (Å²) < 4.78 is 4.70. The molecule has 0 aliphatic carbocycles. The van der Waals surface area contributed by atoms with Crippen LogP contribution < -0.4 is 0 Å². The van der Waals surface area contributed by atoms with E-state index < -0.39 is 6.10 Å². The molecule has 1 fully saturated rings. The standard InChI is InChI=1S/C6H10O3/c1-3-5(7)4(2)9-6(3)8/h3-5,7H,1-2H3/t3-,4-,5-/m1/s1. The Morgan fingerprint density at radius 1 is 1.56 bits per heavy atom. The zero-order chi connectivity index (χ0) is 7.02. The van der Waals surface area contributed by atoms with Gasteiger partial charge in [0.25, 0.3) is 0 Å². The van der Waals surface area contributed by atoms with Gasteiger partial charge in [0.15, 0.2) is 0 Å². The number of carbonyl (C=O) groups excluding carboxylic acids is 1. The molecule has 1 heterocycles. The van der Waals surface area contributed by atoms with Crippen LogP contribution in [0.1, 0.15) is 13.8 Å². The second-order valence-electron chi connectivity index (χ2n) is 2.42. The van der Waals surface area contributed by atoms with Crippen molar-refractivity contribution in [1.29, 1.82) is 0 Å². The lowest BCUT2D eigenvalue weighted by Gasteiger charge is -2.05. The maximum absolute atomic E-state index is 10.6. The number of carbonyl (C=O) groups is 1. The Balaban J connectivity index is 2.65. The van der Waals surface area contributed by atoms with E-state index in [0.29, 0.717) is 0 Å². The van der Waals surface area contributed by atoms with E-state index in [1.165, 1.54) is 0 Å². The topological polar surface area (TPSA) is 46.5 Å². The van der Waals surface area contributed by atoms with Crippen molar-refractivity contribution in [2.24, 2.45) is 5.92 Å². The molecule has 1 rings (SSSR count). The van der Waals surface area contributed by atoms with Crippen molar-refractivity contribution in [3.63, 3.8) is 0 Å². The first-order valence-corrected chi connectivity index (χ1v) is 3.01. The zero-order valence-corrected chi connectivity index (χ0v) is 5.50. The Labute approximate surface area is 53.6 Å². The predicted octanol–water partition coefficient (Wildman–Crippen LogP) is -0.0713. The summed E-state index contributed by atoms with van der Waals surface area (Å²) in [4.78, 5) is 10.6. The molecule has 0 spiro atoms. The number of hydrogen-bond donors (Lipinski definition) is 1. The summed E-state index contributed by atoms with van der Waals surface area (Å²) >= 11 is 0. The molecule has 0 radical (unpaired) electrons. The second kappa shape index (κ2) is 1.99. The van der Waals surface area contributed by atoms with Gasteiger partial charge in [0.05, 0.1) is 5.92 Å². The van der Waals surface area contributed by atoms with Gasteiger partial charge in [-0.25, -0.2) is 0 Å². The van der Waals surface area contributed by atoms with E-state index in [1.807, 2.05) is 0 Å². The minimum atomic E-state index is -0.613. The third-order valence-corrected chi connectivity index (χ3v) is 1.67. The average molecular weight is 130 g/mol. The minimum absolute atomic E-state index is 0.296. The van der Waals surface area contributed by atoms with Crippen LogP contribution in [-0.4, -0.2) is 23.3 Å². The Bertz CT molecular complexity index is 132. The third-order valence-electron chi connectivity index (χ3n) is 1.67. The molecular weight excluding hydrogens is 120 g/mol. The zero-order valence-electron chi connectivity index (χ0n) is 5.50. The van der Waals surface area contributed by atoms with Crippen LogP contribution in [0.15, 0.2) is 0 Å². The molecule has 1 aliphatic rings. The molecule has 1 N–H and O–H groups in total. The fourth-order valence-electron chi connectivity index (χ4n) is 0.906. The predicted molar refractivity (Wildman–Crippen MR) is 30.7 cm³/mol. The summed E-state index contributed by atoms with van der Waals surface area (Å²) in [5, 5.41) is 9.09. The van der Waals surface area contributed by atoms with Gasteiger partial charge in [-0.1, -0.05) is 0 Å². The number of rotatable bonds is 0. The number of aliphatic hydroxyl groups excluding tert-OH is 1. The number of cyclic esters (lactones) is 1. The number of hydrogen-bond acceptors (Lipinski definition) is 3. The lowest BCUT2D eigenvalue weighted by atomic mass is 10.1. The SMILES string of the molecule is C[C@H]1OC(=O)[C@H](C)[C@H]1O. The van der Waals surface area contributed by atoms with Gasteiger partial charge < -0.3 is 9.84 Å². The second-order valence-corrected chi connectivity index (χ2v) is 2.42. The van der Waals surface area contributed by atoms with Crippen molar-refractivity contribution >= 4 is 5.97 Å². The van der Waals surface area contributed by atoms with Gasteiger partial charge >= 0.3 is 5.97 Å². The number of esters is 1. The minimum Gasteiger partial charge on any atom is -0.460 e. The first-order valence-electron chi connectivity index (χ1n) is 3.01. The molecule has 0 aromatic heterocycles. The van der Waals surface area contributed by atoms with Crippen molar-refractivity contribution in [3.05, 3.63) is 0 Å². The van der Waals surface area contributed by atoms with Crippen molar-refractivity contribution in [1.82, 2.24) is 0 Å². The van der Waals surface area contributed by atoms with E-state index >= 15 is 0 Å². The molecule has 3 nitrogen and oxygen atoms in total. The van der Waals surface area contributed by atoms with Gasteiger partial charge in [0, 0.05) is 0 Å². The van der Waals surface area contributed by atoms with Crippen molar-refractivity contribution in [3.8, 4) is 0 Å². The first kappa shape index (κ1) is 6.55. The van der Waals surface area contributed by atoms with Crippen molar-refractivity contribution < 1.29 is 14.6 Å². The Morgan fingerprint density at radius 3 is 2.22 bits per heavy atom. The largest absolute Gasteiger partial charge is 0.460 e. The Kier molecular flexibility index (Phi) is 1.45. The summed E-state index contributed by atoms with van der Waals surface area (Å²) in [5.41, 5.74) is 0. The van der Waals surface area contributed by atoms with Crippen LogP contribution in [0.4, 0.5) is 0 Å². The molecule has 0 aromatic rings. The number of aliphatic hydroxyl groups is 1. The molecule has 0 unspecified atom stereocenters. The molecule has 1 aliphatic heterocycles. The van der Waals surface area contributed by atoms with E-state index in [0.717, 1.165) is 0 Å². The highest BCUT2D eigenvalue weighted by Crippen LogP contribution is 2.20. The van der Waals surface area contributed by atoms with Crippen LogP contribution in [0.5, 0.6) is 0 Å². The van der Waals surface area contributed by atoms with Crippen LogP contribution >= 0.6 is 0 Å². The molecule has 0 aromatic carbocycles. The van der Waals surface area contributed by atoms with E-state index in [4.69, 9.17) is 9.84 Å². The fourth-order valence-corrected chi connectivity index (χ4v) is 0.906. The van der Waals surface area contributed by atoms with Gasteiger partial charge in [-0.05, 0) is 13.8 Å². The van der Waals surface area contributed by atoms with E-state index in [9.17, 15) is 4.79 Å². The molecule has 0 amide bonds. The maximum Gasteiger partial charge on any atom is 0.311 e. The monoisotopic (exact) mass is 130 g/mol. The third kappa shape index (κ3) is 0.920. The summed E-state index contributed by atoms with van der Waals surface area (Å²) in [6, 6.07) is 0. The molecule has 0 bridgehead atoms. The summed E-state index contributed by atoms with van der Waals surface area (Å²) in [7, 11) is 0. The van der Waals surface area contributed by atoms with Crippen LogP contribution in [-0.2, 0) is 9.53 Å². The van der Waals surface area contributed by atoms with Crippen LogP contribution in [0.3, 0.4) is 0 Å². The molecule has 3 heteroatoms. The molecular formula is C6H10O3. The van der Waals surface area contributed by atoms with Crippen molar-refractivity contribution in [2.75, 3.05) is 0 Å². The Hall–Kier alpha value is -0.570.